The second kappa shape index (κ2) is 11.6. The lowest BCUT2D eigenvalue weighted by Crippen LogP contribution is -2.56. The zero-order valence-electron chi connectivity index (χ0n) is 18.1. The molecule has 1 aliphatic rings. The van der Waals surface area contributed by atoms with E-state index in [-0.39, 0.29) is 18.4 Å². The number of hydrogen-bond donors (Lipinski definition) is 1. The van der Waals surface area contributed by atoms with Gasteiger partial charge in [-0.3, -0.25) is 14.5 Å². The van der Waals surface area contributed by atoms with Crippen molar-refractivity contribution in [3.8, 4) is 0 Å². The lowest BCUT2D eigenvalue weighted by atomic mass is 10.0. The molecule has 0 spiro atoms. The van der Waals surface area contributed by atoms with E-state index >= 15 is 0 Å². The molecule has 1 atom stereocenters. The highest BCUT2D eigenvalue weighted by Crippen LogP contribution is 2.16. The van der Waals surface area contributed by atoms with Crippen LogP contribution in [0.1, 0.15) is 30.6 Å². The molecule has 1 saturated heterocycles. The van der Waals surface area contributed by atoms with Crippen LogP contribution in [0.2, 0.25) is 0 Å². The van der Waals surface area contributed by atoms with Crippen LogP contribution in [0.3, 0.4) is 0 Å². The van der Waals surface area contributed by atoms with Gasteiger partial charge in [-0.1, -0.05) is 19.9 Å². The monoisotopic (exact) mass is 465 g/mol. The van der Waals surface area contributed by atoms with Crippen molar-refractivity contribution in [2.24, 2.45) is 5.92 Å². The summed E-state index contributed by atoms with van der Waals surface area (Å²) in [6.07, 6.45) is -3.91. The Morgan fingerprint density at radius 2 is 1.69 bits per heavy atom. The number of nitrogens with one attached hydrogen (secondary N) is 1. The van der Waals surface area contributed by atoms with E-state index in [0.717, 1.165) is 18.2 Å². The zero-order valence-corrected chi connectivity index (χ0v) is 18.1. The molecular formula is C21H28F5N3O3. The normalized spacial score (nSPS) is 16.3. The van der Waals surface area contributed by atoms with Crippen molar-refractivity contribution < 1.29 is 36.3 Å². The Balaban J connectivity index is 1.85. The molecule has 1 aromatic carbocycles. The van der Waals surface area contributed by atoms with Gasteiger partial charge in [-0.05, 0) is 24.5 Å². The molecule has 0 bridgehead atoms. The predicted molar refractivity (Wildman–Crippen MR) is 107 cm³/mol. The number of carbonyl (C=O) groups is 2. The van der Waals surface area contributed by atoms with Crippen molar-refractivity contribution >= 4 is 11.8 Å². The number of ether oxygens (including phenoxy) is 1. The molecule has 1 heterocycles. The summed E-state index contributed by atoms with van der Waals surface area (Å²) in [5, 5.41) is 2.45. The molecular weight excluding hydrogens is 437 g/mol. The lowest BCUT2D eigenvalue weighted by molar-refractivity contribution is -0.174. The lowest BCUT2D eigenvalue weighted by Gasteiger charge is -2.37. The summed E-state index contributed by atoms with van der Waals surface area (Å²) in [6, 6.07) is 2.13. The summed E-state index contributed by atoms with van der Waals surface area (Å²) in [5.41, 5.74) is -0.733. The Kier molecular flexibility index (Phi) is 9.38. The minimum atomic E-state index is -4.34. The third-order valence-corrected chi connectivity index (χ3v) is 5.12. The Morgan fingerprint density at radius 1 is 1.09 bits per heavy atom. The van der Waals surface area contributed by atoms with E-state index in [9.17, 15) is 31.5 Å². The van der Waals surface area contributed by atoms with Gasteiger partial charge in [0.15, 0.2) is 0 Å². The smallest absolute Gasteiger partial charge is 0.372 e. The number of rotatable bonds is 9. The first-order valence-corrected chi connectivity index (χ1v) is 10.4. The molecule has 1 aliphatic heterocycles. The van der Waals surface area contributed by atoms with Crippen LogP contribution in [0.5, 0.6) is 0 Å². The maximum atomic E-state index is 13.9. The average molecular weight is 465 g/mol. The van der Waals surface area contributed by atoms with Gasteiger partial charge in [0.1, 0.15) is 29.8 Å². The molecule has 6 nitrogen and oxygen atoms in total. The number of benzene rings is 1. The molecule has 32 heavy (non-hydrogen) atoms. The highest BCUT2D eigenvalue weighted by atomic mass is 19.4. The standard InChI is InChI=1S/C21H28F5N3O3/c1-14(2)18(27-19(30)17-15(22)5-3-6-16(17)23)20(31)29-10-8-28(9-11-29)7-4-12-32-13-21(24,25)26/h3,5-6,14,18H,4,7-13H2,1-2H3,(H,27,30)/t18-/m0/s1. The van der Waals surface area contributed by atoms with Gasteiger partial charge < -0.3 is 15.0 Å². The Labute approximate surface area is 183 Å². The molecule has 1 N–H and O–H groups in total. The molecule has 1 aromatic rings. The number of halogens is 5. The molecule has 0 unspecified atom stereocenters. The van der Waals surface area contributed by atoms with Crippen molar-refractivity contribution in [1.82, 2.24) is 15.1 Å². The van der Waals surface area contributed by atoms with E-state index in [2.05, 4.69) is 10.1 Å². The molecule has 2 rings (SSSR count). The van der Waals surface area contributed by atoms with Gasteiger partial charge in [-0.2, -0.15) is 13.2 Å². The molecule has 0 saturated carbocycles. The number of piperazine rings is 1. The van der Waals surface area contributed by atoms with E-state index in [4.69, 9.17) is 0 Å². The van der Waals surface area contributed by atoms with Gasteiger partial charge in [-0.15, -0.1) is 0 Å². The second-order valence-corrected chi connectivity index (χ2v) is 7.98. The molecule has 0 radical (unpaired) electrons. The van der Waals surface area contributed by atoms with Crippen molar-refractivity contribution in [2.45, 2.75) is 32.5 Å². The number of alkyl halides is 3. The van der Waals surface area contributed by atoms with Crippen LogP contribution < -0.4 is 5.32 Å². The summed E-state index contributed by atoms with van der Waals surface area (Å²) < 4.78 is 68.5. The van der Waals surface area contributed by atoms with Crippen LogP contribution in [0, 0.1) is 17.6 Å². The fourth-order valence-corrected chi connectivity index (χ4v) is 3.41. The second-order valence-electron chi connectivity index (χ2n) is 7.98. The molecule has 11 heteroatoms. The van der Waals surface area contributed by atoms with Crippen LogP contribution in [-0.4, -0.2) is 79.8 Å². The molecule has 2 amide bonds. The summed E-state index contributed by atoms with van der Waals surface area (Å²) in [6.45, 7) is 4.48. The van der Waals surface area contributed by atoms with Gasteiger partial charge >= 0.3 is 6.18 Å². The number of carbonyl (C=O) groups excluding carboxylic acids is 2. The first kappa shape index (κ1) is 26.0. The molecule has 0 aliphatic carbocycles. The van der Waals surface area contributed by atoms with E-state index in [1.807, 2.05) is 4.90 Å². The van der Waals surface area contributed by atoms with Gasteiger partial charge in [0, 0.05) is 39.3 Å². The third-order valence-electron chi connectivity index (χ3n) is 5.12. The Hall–Kier alpha value is -2.27. The Bertz CT molecular complexity index is 760. The number of amides is 2. The molecule has 0 aromatic heterocycles. The summed E-state index contributed by atoms with van der Waals surface area (Å²) in [7, 11) is 0. The number of nitrogens with zero attached hydrogens (tertiary/aromatic N) is 2. The SMILES string of the molecule is CC(C)[C@H](NC(=O)c1c(F)cccc1F)C(=O)N1CCN(CCCOCC(F)(F)F)CC1. The van der Waals surface area contributed by atoms with Crippen molar-refractivity contribution in [3.05, 3.63) is 35.4 Å². The van der Waals surface area contributed by atoms with Crippen molar-refractivity contribution in [3.63, 3.8) is 0 Å². The third kappa shape index (κ3) is 7.70. The first-order valence-electron chi connectivity index (χ1n) is 10.4. The number of hydrogen-bond acceptors (Lipinski definition) is 4. The fraction of sp³-hybridized carbons (Fsp3) is 0.619. The molecule has 180 valence electrons. The highest BCUT2D eigenvalue weighted by molar-refractivity contribution is 5.98. The van der Waals surface area contributed by atoms with Crippen LogP contribution in [-0.2, 0) is 9.53 Å². The first-order chi connectivity index (χ1) is 15.0. The van der Waals surface area contributed by atoms with Crippen LogP contribution in [0.4, 0.5) is 22.0 Å². The molecule has 1 fully saturated rings. The van der Waals surface area contributed by atoms with E-state index in [1.54, 1.807) is 18.7 Å². The van der Waals surface area contributed by atoms with Gasteiger partial charge in [0.25, 0.3) is 5.91 Å². The topological polar surface area (TPSA) is 61.9 Å². The van der Waals surface area contributed by atoms with Gasteiger partial charge in [0.2, 0.25) is 5.91 Å². The summed E-state index contributed by atoms with van der Waals surface area (Å²) >= 11 is 0. The van der Waals surface area contributed by atoms with E-state index in [0.29, 0.717) is 39.1 Å². The minimum Gasteiger partial charge on any atom is -0.372 e. The van der Waals surface area contributed by atoms with E-state index in [1.165, 1.54) is 0 Å². The maximum Gasteiger partial charge on any atom is 0.411 e. The van der Waals surface area contributed by atoms with Gasteiger partial charge in [-0.25, -0.2) is 8.78 Å². The van der Waals surface area contributed by atoms with Crippen LogP contribution >= 0.6 is 0 Å². The largest absolute Gasteiger partial charge is 0.411 e. The minimum absolute atomic E-state index is 0.00723. The average Bonchev–Trinajstić information content (AvgIpc) is 2.70. The quantitative estimate of drug-likeness (QED) is 0.450. The fourth-order valence-electron chi connectivity index (χ4n) is 3.41. The van der Waals surface area contributed by atoms with Crippen molar-refractivity contribution in [1.29, 1.82) is 0 Å². The van der Waals surface area contributed by atoms with E-state index < -0.39 is 41.9 Å². The zero-order chi connectivity index (χ0) is 23.9. The maximum absolute atomic E-state index is 13.9. The van der Waals surface area contributed by atoms with Gasteiger partial charge in [0.05, 0.1) is 0 Å². The Morgan fingerprint density at radius 3 is 2.22 bits per heavy atom. The van der Waals surface area contributed by atoms with Crippen molar-refractivity contribution in [2.75, 3.05) is 45.9 Å². The highest BCUT2D eigenvalue weighted by Gasteiger charge is 2.32. The summed E-state index contributed by atoms with van der Waals surface area (Å²) in [5.74, 6) is -3.68. The van der Waals surface area contributed by atoms with Crippen LogP contribution in [0.15, 0.2) is 18.2 Å². The summed E-state index contributed by atoms with van der Waals surface area (Å²) in [4.78, 5) is 29.0. The predicted octanol–water partition coefficient (Wildman–Crippen LogP) is 2.83. The van der Waals surface area contributed by atoms with Crippen LogP contribution in [0.25, 0.3) is 0 Å².